The minimum absolute atomic E-state index is 0.501. The van der Waals surface area contributed by atoms with Crippen LogP contribution in [0.25, 0.3) is 0 Å². The van der Waals surface area contributed by atoms with E-state index in [1.165, 1.54) is 25.9 Å². The van der Waals surface area contributed by atoms with Crippen LogP contribution in [0.15, 0.2) is 0 Å². The Balaban J connectivity index is 2.32. The van der Waals surface area contributed by atoms with Crippen LogP contribution in [-0.2, 0) is 0 Å². The number of piperidine rings is 1. The summed E-state index contributed by atoms with van der Waals surface area (Å²) in [7, 11) is 0. The molecular weight excluding hydrogens is 172 g/mol. The van der Waals surface area contributed by atoms with Gasteiger partial charge in [0.25, 0.3) is 0 Å². The largest absolute Gasteiger partial charge is 0.320 e. The first kappa shape index (κ1) is 11.6. The average molecular weight is 194 g/mol. The molecule has 2 heteroatoms. The summed E-state index contributed by atoms with van der Waals surface area (Å²) in [6.07, 6.45) is 3.69. The third kappa shape index (κ3) is 3.69. The predicted molar refractivity (Wildman–Crippen MR) is 60.9 cm³/mol. The summed E-state index contributed by atoms with van der Waals surface area (Å²) >= 11 is 0. The molecule has 1 atom stereocenters. The molecule has 0 bridgehead atoms. The fraction of sp³-hybridized carbons (Fsp3) is 0.833. The van der Waals surface area contributed by atoms with Gasteiger partial charge < -0.3 is 10.6 Å². The molecule has 1 saturated heterocycles. The highest BCUT2D eigenvalue weighted by atomic mass is 15.1. The van der Waals surface area contributed by atoms with Gasteiger partial charge in [0, 0.05) is 19.0 Å². The highest BCUT2D eigenvalue weighted by Gasteiger charge is 2.20. The van der Waals surface area contributed by atoms with Gasteiger partial charge >= 0.3 is 0 Å². The SMILES string of the molecule is CC(C)N1CCCC(CC#CCN)C1. The first-order valence-corrected chi connectivity index (χ1v) is 5.64. The molecular formula is C12H22N2. The first-order valence-electron chi connectivity index (χ1n) is 5.64. The van der Waals surface area contributed by atoms with E-state index >= 15 is 0 Å². The van der Waals surface area contributed by atoms with Gasteiger partial charge in [-0.05, 0) is 39.2 Å². The number of rotatable bonds is 2. The Morgan fingerprint density at radius 3 is 2.86 bits per heavy atom. The van der Waals surface area contributed by atoms with E-state index < -0.39 is 0 Å². The van der Waals surface area contributed by atoms with Crippen LogP contribution in [0.1, 0.15) is 33.1 Å². The Hall–Kier alpha value is -0.520. The average Bonchev–Trinajstić information content (AvgIpc) is 2.19. The molecule has 0 aliphatic carbocycles. The minimum atomic E-state index is 0.501. The van der Waals surface area contributed by atoms with Gasteiger partial charge in [-0.1, -0.05) is 5.92 Å². The van der Waals surface area contributed by atoms with E-state index in [9.17, 15) is 0 Å². The highest BCUT2D eigenvalue weighted by molar-refractivity contribution is 5.01. The van der Waals surface area contributed by atoms with Crippen molar-refractivity contribution in [2.24, 2.45) is 11.7 Å². The van der Waals surface area contributed by atoms with Gasteiger partial charge in [0.2, 0.25) is 0 Å². The van der Waals surface area contributed by atoms with Crippen LogP contribution < -0.4 is 5.73 Å². The van der Waals surface area contributed by atoms with Crippen molar-refractivity contribution in [2.75, 3.05) is 19.6 Å². The Morgan fingerprint density at radius 2 is 2.21 bits per heavy atom. The smallest absolute Gasteiger partial charge is 0.0551 e. The zero-order valence-electron chi connectivity index (χ0n) is 9.42. The van der Waals surface area contributed by atoms with E-state index in [0.29, 0.717) is 12.6 Å². The molecule has 1 unspecified atom stereocenters. The third-order valence-corrected chi connectivity index (χ3v) is 2.90. The summed E-state index contributed by atoms with van der Waals surface area (Å²) in [5.74, 6) is 6.88. The van der Waals surface area contributed by atoms with Crippen molar-refractivity contribution in [3.63, 3.8) is 0 Å². The number of nitrogens with two attached hydrogens (primary N) is 1. The summed E-state index contributed by atoms with van der Waals surface area (Å²) in [5, 5.41) is 0. The lowest BCUT2D eigenvalue weighted by Crippen LogP contribution is -2.39. The summed E-state index contributed by atoms with van der Waals surface area (Å²) in [6.45, 7) is 7.53. The second kappa shape index (κ2) is 6.06. The molecule has 0 aromatic rings. The van der Waals surface area contributed by atoms with E-state index in [1.807, 2.05) is 0 Å². The maximum atomic E-state index is 5.34. The lowest BCUT2D eigenvalue weighted by atomic mass is 9.94. The Morgan fingerprint density at radius 1 is 1.43 bits per heavy atom. The molecule has 0 aromatic carbocycles. The third-order valence-electron chi connectivity index (χ3n) is 2.90. The van der Waals surface area contributed by atoms with E-state index in [-0.39, 0.29) is 0 Å². The molecule has 0 radical (unpaired) electrons. The van der Waals surface area contributed by atoms with Gasteiger partial charge in [-0.15, -0.1) is 5.92 Å². The summed E-state index contributed by atoms with van der Waals surface area (Å²) in [5.41, 5.74) is 5.34. The molecule has 2 N–H and O–H groups in total. The molecule has 2 nitrogen and oxygen atoms in total. The molecule has 0 saturated carbocycles. The molecule has 1 rings (SSSR count). The van der Waals surface area contributed by atoms with Crippen LogP contribution in [0.5, 0.6) is 0 Å². The fourth-order valence-corrected chi connectivity index (χ4v) is 2.02. The molecule has 1 fully saturated rings. The minimum Gasteiger partial charge on any atom is -0.320 e. The van der Waals surface area contributed by atoms with Crippen molar-refractivity contribution in [1.82, 2.24) is 4.90 Å². The summed E-state index contributed by atoms with van der Waals surface area (Å²) < 4.78 is 0. The summed E-state index contributed by atoms with van der Waals surface area (Å²) in [4.78, 5) is 2.55. The number of likely N-dealkylation sites (tertiary alicyclic amines) is 1. The van der Waals surface area contributed by atoms with Crippen LogP contribution in [0, 0.1) is 17.8 Å². The molecule has 80 valence electrons. The number of hydrogen-bond donors (Lipinski definition) is 1. The second-order valence-corrected chi connectivity index (χ2v) is 4.36. The van der Waals surface area contributed by atoms with Gasteiger partial charge in [-0.25, -0.2) is 0 Å². The molecule has 0 spiro atoms. The van der Waals surface area contributed by atoms with Gasteiger partial charge in [-0.2, -0.15) is 0 Å². The normalized spacial score (nSPS) is 23.3. The molecule has 1 aliphatic heterocycles. The quantitative estimate of drug-likeness (QED) is 0.674. The second-order valence-electron chi connectivity index (χ2n) is 4.36. The number of nitrogens with zero attached hydrogens (tertiary/aromatic N) is 1. The van der Waals surface area contributed by atoms with Crippen molar-refractivity contribution in [3.8, 4) is 11.8 Å². The number of hydrogen-bond acceptors (Lipinski definition) is 2. The van der Waals surface area contributed by atoms with Gasteiger partial charge in [0.05, 0.1) is 6.54 Å². The van der Waals surface area contributed by atoms with E-state index in [2.05, 4.69) is 30.6 Å². The van der Waals surface area contributed by atoms with E-state index in [0.717, 1.165) is 12.3 Å². The lowest BCUT2D eigenvalue weighted by Gasteiger charge is -2.34. The van der Waals surface area contributed by atoms with Crippen molar-refractivity contribution in [1.29, 1.82) is 0 Å². The van der Waals surface area contributed by atoms with Crippen molar-refractivity contribution in [3.05, 3.63) is 0 Å². The summed E-state index contributed by atoms with van der Waals surface area (Å²) in [6, 6.07) is 0.681. The van der Waals surface area contributed by atoms with E-state index in [4.69, 9.17) is 5.73 Å². The van der Waals surface area contributed by atoms with Crippen molar-refractivity contribution in [2.45, 2.75) is 39.2 Å². The van der Waals surface area contributed by atoms with Gasteiger partial charge in [0.15, 0.2) is 0 Å². The molecule has 14 heavy (non-hydrogen) atoms. The van der Waals surface area contributed by atoms with E-state index in [1.54, 1.807) is 0 Å². The van der Waals surface area contributed by atoms with Crippen LogP contribution in [0.4, 0.5) is 0 Å². The standard InChI is InChI=1S/C12H22N2/c1-11(2)14-9-5-7-12(10-14)6-3-4-8-13/h11-12H,5-10,13H2,1-2H3. The molecule has 0 amide bonds. The van der Waals surface area contributed by atoms with Crippen molar-refractivity contribution >= 4 is 0 Å². The maximum Gasteiger partial charge on any atom is 0.0551 e. The fourth-order valence-electron chi connectivity index (χ4n) is 2.02. The zero-order valence-corrected chi connectivity index (χ0v) is 9.42. The Bertz CT molecular complexity index is 212. The molecule has 1 heterocycles. The van der Waals surface area contributed by atoms with Crippen LogP contribution in [-0.4, -0.2) is 30.6 Å². The lowest BCUT2D eigenvalue weighted by molar-refractivity contribution is 0.142. The maximum absolute atomic E-state index is 5.34. The zero-order chi connectivity index (χ0) is 10.4. The van der Waals surface area contributed by atoms with Crippen LogP contribution in [0.2, 0.25) is 0 Å². The van der Waals surface area contributed by atoms with Gasteiger partial charge in [-0.3, -0.25) is 0 Å². The van der Waals surface area contributed by atoms with Crippen molar-refractivity contribution < 1.29 is 0 Å². The first-order chi connectivity index (χ1) is 6.74. The topological polar surface area (TPSA) is 29.3 Å². The van der Waals surface area contributed by atoms with Crippen LogP contribution in [0.3, 0.4) is 0 Å². The predicted octanol–water partition coefficient (Wildman–Crippen LogP) is 1.46. The van der Waals surface area contributed by atoms with Crippen LogP contribution >= 0.6 is 0 Å². The van der Waals surface area contributed by atoms with Gasteiger partial charge in [0.1, 0.15) is 0 Å². The Labute approximate surface area is 87.8 Å². The Kier molecular flexibility index (Phi) is 5.00. The monoisotopic (exact) mass is 194 g/mol. The highest BCUT2D eigenvalue weighted by Crippen LogP contribution is 2.20. The molecule has 1 aliphatic rings. The molecule has 0 aromatic heterocycles.